The SMILES string of the molecule is C.C.Cc1ccc(C(=O)c2cc(C(=O)c3ccc(C)cc3)cc(C(=O)c3ccc(C)cc3)c2)cc1.Cc1ccc(C(=O)c2cc(C)cc(C)c2)cc1.Cc1ccc(S(=O)(=O)c2cc(C)cc(C)c2)cc1.Cc1ccc(S(=O)(=O)c2cc(S(=O)(=O)c3ccc(C)cc3)cc(S(=O)(=O)c3ccc(C)cc3)c2)cc1. The summed E-state index contributed by atoms with van der Waals surface area (Å²) in [5, 5.41) is 0. The highest BCUT2D eigenvalue weighted by molar-refractivity contribution is 7.93. The normalized spacial score (nSPS) is 11.1. The van der Waals surface area contributed by atoms with Crippen LogP contribution in [-0.4, -0.2) is 56.8 Å². The van der Waals surface area contributed by atoms with Crippen LogP contribution >= 0.6 is 0 Å². The summed E-state index contributed by atoms with van der Waals surface area (Å²) in [7, 11) is -16.1. The first-order valence-electron chi connectivity index (χ1n) is 33.3. The molecule has 0 aliphatic heterocycles. The van der Waals surface area contributed by atoms with Crippen molar-refractivity contribution in [2.45, 2.75) is 137 Å². The lowest BCUT2D eigenvalue weighted by atomic mass is 9.92. The molecule has 0 radical (unpaired) electrons. The predicted molar refractivity (Wildman–Crippen MR) is 423 cm³/mol. The fraction of sp³-hybridized carbons (Fsp3) is 0.156. The molecule has 12 rings (SSSR count). The Labute approximate surface area is 626 Å². The van der Waals surface area contributed by atoms with Crippen LogP contribution in [0.5, 0.6) is 0 Å². The van der Waals surface area contributed by atoms with Crippen LogP contribution in [0.25, 0.3) is 0 Å². The van der Waals surface area contributed by atoms with Gasteiger partial charge in [0.2, 0.25) is 39.3 Å². The number of ketones is 4. The van der Waals surface area contributed by atoms with Gasteiger partial charge in [-0.15, -0.1) is 0 Å². The summed E-state index contributed by atoms with van der Waals surface area (Å²) in [6, 6.07) is 73.6. The molecule has 0 bridgehead atoms. The van der Waals surface area contributed by atoms with E-state index >= 15 is 0 Å². The van der Waals surface area contributed by atoms with Gasteiger partial charge in [-0.05, 0) is 203 Å². The van der Waals surface area contributed by atoms with Crippen LogP contribution in [0.15, 0.2) is 306 Å². The number of rotatable bonds is 16. The number of sulfone groups is 4. The molecule has 106 heavy (non-hydrogen) atoms. The van der Waals surface area contributed by atoms with Gasteiger partial charge in [0.1, 0.15) is 0 Å². The second kappa shape index (κ2) is 34.8. The molecular weight excluding hydrogens is 1400 g/mol. The number of hydrogen-bond donors (Lipinski definition) is 0. The molecule has 0 aliphatic rings. The summed E-state index contributed by atoms with van der Waals surface area (Å²) in [6.45, 7) is 23.1. The van der Waals surface area contributed by atoms with Crippen molar-refractivity contribution in [2.24, 2.45) is 0 Å². The summed E-state index contributed by atoms with van der Waals surface area (Å²) >= 11 is 0. The average molecular weight is 1490 g/mol. The number of benzene rings is 12. The van der Waals surface area contributed by atoms with Crippen molar-refractivity contribution in [3.63, 3.8) is 0 Å². The zero-order valence-corrected chi connectivity index (χ0v) is 63.2. The standard InChI is InChI=1S/C30H24O3.C27H24O6S3.C16H16O.C15H16O2S.2CH4/c1-19-4-10-22(11-5-19)28(31)25-16-26(29(32)23-12-6-20(2)7-13-23)18-27(17-25)30(33)24-14-8-21(3)9-15-24;1-19-4-10-22(11-5-19)34(28,29)25-16-26(35(30,31)23-12-6-20(2)7-13-23)18-27(17-25)36(32,33)24-14-8-21(3)9-15-24;1-11-4-6-14(7-5-11)16(17)15-9-12(2)8-13(3)10-15;1-11-4-6-14(7-5-11)18(16,17)15-9-12(2)8-13(3)10-15;;/h4-18H,1-3H3;4-18H,1-3H3;4-10H,1-3H3;4-10H,1-3H3;2*1H4. The molecule has 0 saturated carbocycles. The molecular formula is C90H88O12S4. The van der Waals surface area contributed by atoms with Crippen molar-refractivity contribution in [3.05, 3.63) is 378 Å². The first-order valence-corrected chi connectivity index (χ1v) is 39.2. The van der Waals surface area contributed by atoms with E-state index in [9.17, 15) is 52.8 Å². The van der Waals surface area contributed by atoms with E-state index in [-0.39, 0.29) is 52.7 Å². The van der Waals surface area contributed by atoms with Crippen molar-refractivity contribution in [2.75, 3.05) is 0 Å². The van der Waals surface area contributed by atoms with Crippen molar-refractivity contribution in [3.8, 4) is 0 Å². The van der Waals surface area contributed by atoms with E-state index < -0.39 is 54.0 Å². The molecule has 0 N–H and O–H groups in total. The second-order valence-corrected chi connectivity index (χ2v) is 34.0. The minimum atomic E-state index is -4.23. The third kappa shape index (κ3) is 20.3. The lowest BCUT2D eigenvalue weighted by Crippen LogP contribution is -2.10. The minimum absolute atomic E-state index is 0. The number of aryl methyl sites for hydroxylation is 12. The van der Waals surface area contributed by atoms with Crippen LogP contribution < -0.4 is 0 Å². The summed E-state index contributed by atoms with van der Waals surface area (Å²) < 4.78 is 106. The highest BCUT2D eigenvalue weighted by Crippen LogP contribution is 2.34. The van der Waals surface area contributed by atoms with E-state index in [1.54, 1.807) is 136 Å². The molecule has 12 aromatic rings. The molecule has 16 heteroatoms. The third-order valence-electron chi connectivity index (χ3n) is 17.1. The molecule has 0 unspecified atom stereocenters. The third-order valence-corrected chi connectivity index (χ3v) is 24.1. The van der Waals surface area contributed by atoms with Crippen LogP contribution in [-0.2, 0) is 39.3 Å². The predicted octanol–water partition coefficient (Wildman–Crippen LogP) is 20.0. The highest BCUT2D eigenvalue weighted by atomic mass is 32.2. The van der Waals surface area contributed by atoms with Gasteiger partial charge in [-0.1, -0.05) is 228 Å². The lowest BCUT2D eigenvalue weighted by Gasteiger charge is -2.13. The maximum Gasteiger partial charge on any atom is 0.206 e. The summed E-state index contributed by atoms with van der Waals surface area (Å²) in [4.78, 5) is 51.2. The molecule has 0 atom stereocenters. The van der Waals surface area contributed by atoms with E-state index in [1.807, 2.05) is 153 Å². The fourth-order valence-corrected chi connectivity index (χ4v) is 16.8. The van der Waals surface area contributed by atoms with Crippen LogP contribution in [0.3, 0.4) is 0 Å². The Balaban J connectivity index is 0.000000206. The first kappa shape index (κ1) is 82.4. The van der Waals surface area contributed by atoms with Gasteiger partial charge in [0.25, 0.3) is 0 Å². The van der Waals surface area contributed by atoms with Gasteiger partial charge in [0, 0.05) is 44.5 Å². The molecule has 544 valence electrons. The molecule has 0 saturated heterocycles. The number of hydrogen-bond acceptors (Lipinski definition) is 12. The molecule has 0 fully saturated rings. The van der Waals surface area contributed by atoms with Crippen LogP contribution in [0.4, 0.5) is 0 Å². The molecule has 0 spiro atoms. The Bertz CT molecular complexity index is 5230. The topological polar surface area (TPSA) is 205 Å². The zero-order valence-electron chi connectivity index (χ0n) is 59.9. The van der Waals surface area contributed by atoms with E-state index in [0.717, 1.165) is 90.5 Å². The van der Waals surface area contributed by atoms with Gasteiger partial charge in [-0.3, -0.25) is 19.2 Å². The Hall–Kier alpha value is -10.9. The molecule has 12 aromatic carbocycles. The first-order chi connectivity index (χ1) is 49.1. The fourth-order valence-electron chi connectivity index (χ4n) is 11.1. The van der Waals surface area contributed by atoms with Crippen LogP contribution in [0.2, 0.25) is 0 Å². The van der Waals surface area contributed by atoms with Gasteiger partial charge < -0.3 is 0 Å². The van der Waals surface area contributed by atoms with E-state index in [2.05, 4.69) is 6.07 Å². The van der Waals surface area contributed by atoms with E-state index in [1.165, 1.54) is 42.0 Å². The molecule has 0 heterocycles. The molecule has 0 aromatic heterocycles. The average Bonchev–Trinajstić information content (AvgIpc) is 0.752. The number of carbonyl (C=O) groups excluding carboxylic acids is 4. The van der Waals surface area contributed by atoms with Gasteiger partial charge >= 0.3 is 0 Å². The molecule has 0 amide bonds. The van der Waals surface area contributed by atoms with Crippen LogP contribution in [0, 0.1) is 83.1 Å². The van der Waals surface area contributed by atoms with Gasteiger partial charge in [-0.2, -0.15) is 0 Å². The van der Waals surface area contributed by atoms with Gasteiger partial charge in [-0.25, -0.2) is 33.7 Å². The monoisotopic (exact) mass is 1490 g/mol. The van der Waals surface area contributed by atoms with Gasteiger partial charge in [0.05, 0.1) is 39.2 Å². The van der Waals surface area contributed by atoms with Gasteiger partial charge in [0.15, 0.2) is 23.1 Å². The smallest absolute Gasteiger partial charge is 0.206 e. The lowest BCUT2D eigenvalue weighted by molar-refractivity contribution is 0.102. The minimum Gasteiger partial charge on any atom is -0.289 e. The van der Waals surface area contributed by atoms with Crippen LogP contribution in [0.1, 0.15) is 145 Å². The Morgan fingerprint density at radius 2 is 0.311 bits per heavy atom. The number of carbonyl (C=O) groups is 4. The molecule has 0 aliphatic carbocycles. The second-order valence-electron chi connectivity index (χ2n) is 26.2. The van der Waals surface area contributed by atoms with Crippen molar-refractivity contribution >= 4 is 62.5 Å². The maximum absolute atomic E-state index is 13.5. The summed E-state index contributed by atoms with van der Waals surface area (Å²) in [5.41, 5.74) is 16.0. The van der Waals surface area contributed by atoms with Crippen molar-refractivity contribution in [1.82, 2.24) is 0 Å². The largest absolute Gasteiger partial charge is 0.289 e. The Kier molecular flexibility index (Phi) is 27.1. The molecule has 12 nitrogen and oxygen atoms in total. The summed E-state index contributed by atoms with van der Waals surface area (Å²) in [6.07, 6.45) is 0. The maximum atomic E-state index is 13.5. The zero-order chi connectivity index (χ0) is 75.6. The quantitative estimate of drug-likeness (QED) is 0.0829. The van der Waals surface area contributed by atoms with E-state index in [0.29, 0.717) is 43.2 Å². The van der Waals surface area contributed by atoms with E-state index in [4.69, 9.17) is 0 Å². The van der Waals surface area contributed by atoms with Crippen molar-refractivity contribution < 1.29 is 52.8 Å². The van der Waals surface area contributed by atoms with Crippen molar-refractivity contribution in [1.29, 1.82) is 0 Å². The summed E-state index contributed by atoms with van der Waals surface area (Å²) in [5.74, 6) is -0.596. The highest BCUT2D eigenvalue weighted by Gasteiger charge is 2.29. The Morgan fingerprint density at radius 3 is 0.500 bits per heavy atom. The Morgan fingerprint density at radius 1 is 0.160 bits per heavy atom.